The van der Waals surface area contributed by atoms with Crippen LogP contribution in [0.5, 0.6) is 5.75 Å². The number of rotatable bonds is 14. The van der Waals surface area contributed by atoms with Crippen LogP contribution < -0.4 is 44.5 Å². The van der Waals surface area contributed by atoms with Gasteiger partial charge in [-0.2, -0.15) is 30.3 Å². The molecule has 56 heavy (non-hydrogen) atoms. The SMILES string of the molecule is CCOc1ccc(Nc2ccc(/C(=C3/C=CC(=[N+](CC)Cc4cccc(S(=O)(=O)[O-])c4)C=C3C)c3ccc(N(CC)Cc4c[c-]ccc4)cc3C)cc2)cc1.[Na+]. The third-order valence-electron chi connectivity index (χ3n) is 9.79. The van der Waals surface area contributed by atoms with Crippen molar-refractivity contribution in [1.82, 2.24) is 0 Å². The molecule has 0 spiro atoms. The first-order valence-electron chi connectivity index (χ1n) is 18.7. The van der Waals surface area contributed by atoms with Gasteiger partial charge in [-0.25, -0.2) is 13.0 Å². The summed E-state index contributed by atoms with van der Waals surface area (Å²) in [5.74, 6) is 0.844. The second-order valence-electron chi connectivity index (χ2n) is 13.6. The summed E-state index contributed by atoms with van der Waals surface area (Å²) in [6, 6.07) is 40.9. The molecule has 0 radical (unpaired) electrons. The second kappa shape index (κ2) is 19.4. The summed E-state index contributed by atoms with van der Waals surface area (Å²) >= 11 is 0. The second-order valence-corrected chi connectivity index (χ2v) is 15.0. The topological polar surface area (TPSA) is 84.7 Å². The molecule has 282 valence electrons. The van der Waals surface area contributed by atoms with E-state index in [1.807, 2.05) is 55.5 Å². The molecule has 9 heteroatoms. The number of nitrogens with one attached hydrogen (secondary N) is 1. The molecule has 5 aromatic rings. The van der Waals surface area contributed by atoms with Gasteiger partial charge in [0.2, 0.25) is 0 Å². The maximum atomic E-state index is 11.7. The predicted molar refractivity (Wildman–Crippen MR) is 223 cm³/mol. The summed E-state index contributed by atoms with van der Waals surface area (Å²) in [6.45, 7) is 14.0. The molecule has 7 nitrogen and oxygen atoms in total. The quantitative estimate of drug-likeness (QED) is 0.0575. The Hall–Kier alpha value is -4.70. The van der Waals surface area contributed by atoms with Gasteiger partial charge >= 0.3 is 29.6 Å². The first-order valence-corrected chi connectivity index (χ1v) is 20.2. The molecule has 0 heterocycles. The Labute approximate surface area is 354 Å². The van der Waals surface area contributed by atoms with Crippen molar-refractivity contribution in [2.24, 2.45) is 0 Å². The number of hydrogen-bond acceptors (Lipinski definition) is 6. The van der Waals surface area contributed by atoms with Crippen LogP contribution in [-0.2, 0) is 23.2 Å². The predicted octanol–water partition coefficient (Wildman–Crippen LogP) is 6.86. The summed E-state index contributed by atoms with van der Waals surface area (Å²) in [5, 5.41) is 3.52. The van der Waals surface area contributed by atoms with Crippen molar-refractivity contribution in [1.29, 1.82) is 0 Å². The zero-order valence-electron chi connectivity index (χ0n) is 33.2. The van der Waals surface area contributed by atoms with Gasteiger partial charge in [-0.3, -0.25) is 0 Å². The maximum Gasteiger partial charge on any atom is 1.00 e. The molecule has 6 rings (SSSR count). The molecule has 1 aliphatic rings. The molecule has 1 N–H and O–H groups in total. The van der Waals surface area contributed by atoms with Gasteiger partial charge in [0, 0.05) is 41.3 Å². The summed E-state index contributed by atoms with van der Waals surface area (Å²) in [6.07, 6.45) is 6.50. The van der Waals surface area contributed by atoms with Gasteiger partial charge in [0.1, 0.15) is 22.4 Å². The minimum atomic E-state index is -4.54. The van der Waals surface area contributed by atoms with Crippen LogP contribution in [0.1, 0.15) is 55.5 Å². The minimum absolute atomic E-state index is 0. The Morgan fingerprint density at radius 1 is 0.857 bits per heavy atom. The fourth-order valence-corrected chi connectivity index (χ4v) is 7.48. The molecular weight excluding hydrogens is 726 g/mol. The fourth-order valence-electron chi connectivity index (χ4n) is 6.93. The molecular formula is C47H48N3NaO4S. The van der Waals surface area contributed by atoms with Crippen molar-refractivity contribution in [3.8, 4) is 5.75 Å². The smallest absolute Gasteiger partial charge is 0.744 e. The molecule has 0 saturated carbocycles. The standard InChI is InChI=1S/C47H48N3O4S.Na/c1-6-49(32-36-13-10-9-11-14-36)41-23-27-45(34(4)29-41)47(38-17-19-39(20-18-38)48-40-21-25-43(26-22-40)54-8-3)46-28-24-42(30-35(46)5)50(7-2)33-37-15-12-16-44(31-37)55(51,52)53;/h9-10,12-31H,6-8,32-33H2,1-5H3,(H,51,52,53);/q-1;+1. The molecule has 0 aromatic heterocycles. The maximum absolute atomic E-state index is 11.7. The third kappa shape index (κ3) is 10.6. The summed E-state index contributed by atoms with van der Waals surface area (Å²) in [7, 11) is -4.54. The largest absolute Gasteiger partial charge is 1.00 e. The average molecular weight is 774 g/mol. The number of nitrogens with zero attached hydrogens (tertiary/aromatic N) is 2. The Morgan fingerprint density at radius 3 is 2.18 bits per heavy atom. The Kier molecular flexibility index (Phi) is 14.7. The molecule has 0 bridgehead atoms. The minimum Gasteiger partial charge on any atom is -0.744 e. The zero-order valence-corrected chi connectivity index (χ0v) is 36.0. The van der Waals surface area contributed by atoms with Gasteiger partial charge in [-0.15, -0.1) is 5.56 Å². The van der Waals surface area contributed by atoms with Crippen molar-refractivity contribution in [3.05, 3.63) is 179 Å². The molecule has 0 fully saturated rings. The number of ether oxygens (including phenoxy) is 1. The van der Waals surface area contributed by atoms with Gasteiger partial charge in [0.25, 0.3) is 0 Å². The van der Waals surface area contributed by atoms with Crippen LogP contribution in [0.25, 0.3) is 5.57 Å². The summed E-state index contributed by atoms with van der Waals surface area (Å²) < 4.78 is 42.9. The van der Waals surface area contributed by atoms with Gasteiger partial charge in [-0.05, 0) is 141 Å². The van der Waals surface area contributed by atoms with Gasteiger partial charge < -0.3 is 19.5 Å². The van der Waals surface area contributed by atoms with E-state index in [2.05, 4.69) is 115 Å². The van der Waals surface area contributed by atoms with E-state index >= 15 is 0 Å². The average Bonchev–Trinajstić information content (AvgIpc) is 3.19. The van der Waals surface area contributed by atoms with E-state index in [9.17, 15) is 13.0 Å². The monoisotopic (exact) mass is 773 g/mol. The van der Waals surface area contributed by atoms with Crippen LogP contribution in [-0.4, -0.2) is 43.0 Å². The number of anilines is 3. The number of allylic oxidation sites excluding steroid dienone is 5. The first kappa shape index (κ1) is 42.4. The van der Waals surface area contributed by atoms with Crippen LogP contribution >= 0.6 is 0 Å². The molecule has 0 atom stereocenters. The van der Waals surface area contributed by atoms with E-state index in [0.29, 0.717) is 19.7 Å². The number of hydrogen-bond donors (Lipinski definition) is 1. The van der Waals surface area contributed by atoms with Crippen LogP contribution in [0.15, 0.2) is 150 Å². The molecule has 0 aliphatic heterocycles. The van der Waals surface area contributed by atoms with Gasteiger partial charge in [-0.1, -0.05) is 30.3 Å². The Balaban J connectivity index is 0.00000600. The third-order valence-corrected chi connectivity index (χ3v) is 10.6. The molecule has 0 unspecified atom stereocenters. The Bertz CT molecular complexity index is 2370. The normalized spacial score (nSPS) is 14.4. The van der Waals surface area contributed by atoms with E-state index in [1.165, 1.54) is 28.9 Å². The van der Waals surface area contributed by atoms with E-state index in [1.54, 1.807) is 6.07 Å². The molecule has 1 aliphatic carbocycles. The van der Waals surface area contributed by atoms with E-state index in [4.69, 9.17) is 4.74 Å². The van der Waals surface area contributed by atoms with Gasteiger partial charge in [0.15, 0.2) is 12.3 Å². The summed E-state index contributed by atoms with van der Waals surface area (Å²) in [4.78, 5) is 2.16. The number of aryl methyl sites for hydroxylation is 1. The van der Waals surface area contributed by atoms with Crippen LogP contribution in [0.2, 0.25) is 0 Å². The van der Waals surface area contributed by atoms with Crippen LogP contribution in [0, 0.1) is 13.0 Å². The van der Waals surface area contributed by atoms with Crippen molar-refractivity contribution < 1.29 is 51.8 Å². The van der Waals surface area contributed by atoms with E-state index < -0.39 is 10.1 Å². The summed E-state index contributed by atoms with van der Waals surface area (Å²) in [5.41, 5.74) is 12.9. The molecule has 5 aromatic carbocycles. The fraction of sp³-hybridized carbons (Fsp3) is 0.213. The van der Waals surface area contributed by atoms with E-state index in [0.717, 1.165) is 69.3 Å². The van der Waals surface area contributed by atoms with Crippen molar-refractivity contribution >= 4 is 38.5 Å². The van der Waals surface area contributed by atoms with Crippen LogP contribution in [0.4, 0.5) is 17.1 Å². The van der Waals surface area contributed by atoms with Gasteiger partial charge in [0.05, 0.1) is 11.5 Å². The van der Waals surface area contributed by atoms with E-state index in [-0.39, 0.29) is 34.5 Å². The van der Waals surface area contributed by atoms with Crippen molar-refractivity contribution in [3.63, 3.8) is 0 Å². The first-order chi connectivity index (χ1) is 26.6. The zero-order chi connectivity index (χ0) is 39.0. The molecule has 0 amide bonds. The van der Waals surface area contributed by atoms with Crippen molar-refractivity contribution in [2.45, 2.75) is 52.6 Å². The van der Waals surface area contributed by atoms with Crippen LogP contribution in [0.3, 0.4) is 0 Å². The Morgan fingerprint density at radius 2 is 1.57 bits per heavy atom. The molecule has 0 saturated heterocycles. The number of benzene rings is 5. The van der Waals surface area contributed by atoms with Crippen molar-refractivity contribution in [2.75, 3.05) is 29.9 Å².